The molecule has 0 aliphatic rings. The van der Waals surface area contributed by atoms with Gasteiger partial charge in [0.25, 0.3) is 0 Å². The molecule has 2 nitrogen and oxygen atoms in total. The van der Waals surface area contributed by atoms with Crippen LogP contribution in [0.15, 0.2) is 28.0 Å². The zero-order valence-electron chi connectivity index (χ0n) is 8.64. The molecule has 2 heterocycles. The Morgan fingerprint density at radius 1 is 1.60 bits per heavy atom. The number of carbonyl (C=O) groups is 1. The van der Waals surface area contributed by atoms with Gasteiger partial charge >= 0.3 is 99.0 Å². The molecule has 1 atom stereocenters. The van der Waals surface area contributed by atoms with E-state index >= 15 is 0 Å². The summed E-state index contributed by atoms with van der Waals surface area (Å²) in [6.45, 7) is 4.00. The number of hydrogen-bond acceptors (Lipinski definition) is 2. The Kier molecular flexibility index (Phi) is 3.19. The first-order valence-electron chi connectivity index (χ1n) is 4.72. The topological polar surface area (TPSA) is 20.9 Å². The molecule has 2 aromatic rings. The molecule has 0 N–H and O–H groups in total. The molecule has 0 aliphatic carbocycles. The van der Waals surface area contributed by atoms with Gasteiger partial charge in [0.05, 0.1) is 0 Å². The molecule has 0 radical (unpaired) electrons. The quantitative estimate of drug-likeness (QED) is 0.479. The van der Waals surface area contributed by atoms with Gasteiger partial charge in [-0.05, 0) is 0 Å². The minimum atomic E-state index is -0.0655. The number of Topliss-reactive ketones (excluding diaryl/α,β-unsaturated/α-hetero) is 1. The van der Waals surface area contributed by atoms with E-state index in [9.17, 15) is 4.79 Å². The summed E-state index contributed by atoms with van der Waals surface area (Å²) in [5.41, 5.74) is 3.16. The van der Waals surface area contributed by atoms with E-state index in [4.69, 9.17) is 0 Å². The molecule has 0 bridgehead atoms. The van der Waals surface area contributed by atoms with Crippen LogP contribution >= 0.6 is 11.3 Å². The first-order chi connectivity index (χ1) is 7.20. The van der Waals surface area contributed by atoms with Gasteiger partial charge in [0.2, 0.25) is 0 Å². The van der Waals surface area contributed by atoms with Crippen LogP contribution in [0.25, 0.3) is 0 Å². The molecular weight excluding hydrogens is 273 g/mol. The van der Waals surface area contributed by atoms with Crippen LogP contribution in [0.2, 0.25) is 0 Å². The predicted octanol–water partition coefficient (Wildman–Crippen LogP) is 1.84. The van der Waals surface area contributed by atoms with Crippen molar-refractivity contribution in [2.75, 3.05) is 0 Å². The molecule has 0 amide bonds. The Balaban J connectivity index is 2.26. The SMILES string of the molecule is Cc1csc[n+]1C(C)C(=O)c1ccc[se]1. The number of ketones is 1. The third-order valence-corrected chi connectivity index (χ3v) is 5.06. The summed E-state index contributed by atoms with van der Waals surface area (Å²) >= 11 is 1.88. The van der Waals surface area contributed by atoms with Crippen LogP contribution in [0.5, 0.6) is 0 Å². The number of carbonyl (C=O) groups excluding carboxylic acids is 1. The number of thiazole rings is 1. The van der Waals surface area contributed by atoms with Gasteiger partial charge in [-0.25, -0.2) is 0 Å². The van der Waals surface area contributed by atoms with Gasteiger partial charge in [0.15, 0.2) is 0 Å². The second-order valence-electron chi connectivity index (χ2n) is 3.43. The van der Waals surface area contributed by atoms with Crippen molar-refractivity contribution < 1.29 is 9.36 Å². The second-order valence-corrected chi connectivity index (χ2v) is 6.13. The summed E-state index contributed by atoms with van der Waals surface area (Å²) in [6, 6.07) is 3.86. The van der Waals surface area contributed by atoms with Crippen molar-refractivity contribution in [3.05, 3.63) is 38.1 Å². The molecule has 78 valence electrons. The molecule has 0 spiro atoms. The van der Waals surface area contributed by atoms with E-state index in [1.807, 2.05) is 36.1 Å². The van der Waals surface area contributed by atoms with Gasteiger partial charge in [0, 0.05) is 0 Å². The fraction of sp³-hybridized carbons (Fsp3) is 0.273. The molecule has 0 saturated carbocycles. The average molecular weight is 285 g/mol. The van der Waals surface area contributed by atoms with E-state index in [1.54, 1.807) is 11.3 Å². The van der Waals surface area contributed by atoms with Crippen LogP contribution < -0.4 is 4.57 Å². The summed E-state index contributed by atoms with van der Waals surface area (Å²) in [4.78, 5) is 14.2. The number of rotatable bonds is 3. The van der Waals surface area contributed by atoms with Gasteiger partial charge in [0.1, 0.15) is 0 Å². The van der Waals surface area contributed by atoms with Crippen molar-refractivity contribution in [3.8, 4) is 0 Å². The summed E-state index contributed by atoms with van der Waals surface area (Å²) in [5.74, 6) is 0.256. The van der Waals surface area contributed by atoms with E-state index in [0.717, 1.165) is 10.1 Å². The van der Waals surface area contributed by atoms with Crippen molar-refractivity contribution in [3.63, 3.8) is 0 Å². The monoisotopic (exact) mass is 286 g/mol. The first kappa shape index (κ1) is 10.8. The third-order valence-electron chi connectivity index (χ3n) is 2.38. The number of hydrogen-bond donors (Lipinski definition) is 0. The second kappa shape index (κ2) is 4.43. The summed E-state index contributed by atoms with van der Waals surface area (Å²) < 4.78 is 3.02. The zero-order chi connectivity index (χ0) is 10.8. The van der Waals surface area contributed by atoms with Crippen molar-refractivity contribution >= 4 is 31.6 Å². The van der Waals surface area contributed by atoms with E-state index < -0.39 is 0 Å². The Morgan fingerprint density at radius 3 is 2.93 bits per heavy atom. The molecule has 2 rings (SSSR count). The van der Waals surface area contributed by atoms with Gasteiger partial charge in [-0.3, -0.25) is 0 Å². The number of nitrogens with zero attached hydrogens (tertiary/aromatic N) is 1. The van der Waals surface area contributed by atoms with Gasteiger partial charge in [-0.1, -0.05) is 0 Å². The van der Waals surface area contributed by atoms with Crippen LogP contribution in [-0.2, 0) is 0 Å². The number of aryl methyl sites for hydroxylation is 1. The van der Waals surface area contributed by atoms with E-state index in [-0.39, 0.29) is 26.3 Å². The first-order valence-corrected chi connectivity index (χ1v) is 7.50. The Hall–Kier alpha value is -0.701. The summed E-state index contributed by atoms with van der Waals surface area (Å²) in [5, 5.41) is 2.07. The van der Waals surface area contributed by atoms with Crippen LogP contribution in [0.1, 0.15) is 27.9 Å². The molecule has 2 aromatic heterocycles. The predicted molar refractivity (Wildman–Crippen MR) is 61.7 cm³/mol. The maximum absolute atomic E-state index is 12.1. The van der Waals surface area contributed by atoms with Crippen molar-refractivity contribution in [2.45, 2.75) is 19.9 Å². The molecule has 0 aromatic carbocycles. The summed E-state index contributed by atoms with van der Waals surface area (Å²) in [6.07, 6.45) is 0. The van der Waals surface area contributed by atoms with Gasteiger partial charge in [-0.15, -0.1) is 0 Å². The molecule has 1 unspecified atom stereocenters. The van der Waals surface area contributed by atoms with Gasteiger partial charge < -0.3 is 0 Å². The molecule has 15 heavy (non-hydrogen) atoms. The maximum atomic E-state index is 12.1. The molecule has 0 aliphatic heterocycles. The average Bonchev–Trinajstić information content (AvgIpc) is 2.85. The van der Waals surface area contributed by atoms with E-state index in [2.05, 4.69) is 10.3 Å². The van der Waals surface area contributed by atoms with Gasteiger partial charge in [-0.2, -0.15) is 0 Å². The molecule has 4 heteroatoms. The van der Waals surface area contributed by atoms with Crippen LogP contribution in [0.3, 0.4) is 0 Å². The Bertz CT molecular complexity index is 461. The van der Waals surface area contributed by atoms with E-state index in [1.165, 1.54) is 0 Å². The number of aromatic nitrogens is 1. The van der Waals surface area contributed by atoms with E-state index in [0.29, 0.717) is 0 Å². The van der Waals surface area contributed by atoms with Crippen molar-refractivity contribution in [1.82, 2.24) is 0 Å². The fourth-order valence-electron chi connectivity index (χ4n) is 1.49. The van der Waals surface area contributed by atoms with Crippen LogP contribution in [0, 0.1) is 6.92 Å². The Morgan fingerprint density at radius 2 is 2.40 bits per heavy atom. The Labute approximate surface area is 98.9 Å². The van der Waals surface area contributed by atoms with Crippen LogP contribution in [0.4, 0.5) is 0 Å². The third kappa shape index (κ3) is 2.12. The minimum absolute atomic E-state index is 0.0655. The van der Waals surface area contributed by atoms with Crippen LogP contribution in [-0.4, -0.2) is 20.3 Å². The fourth-order valence-corrected chi connectivity index (χ4v) is 3.91. The zero-order valence-corrected chi connectivity index (χ0v) is 11.2. The molecule has 0 fully saturated rings. The van der Waals surface area contributed by atoms with Crippen molar-refractivity contribution in [1.29, 1.82) is 0 Å². The normalized spacial score (nSPS) is 12.7. The molecular formula is C11H12NOSSe+. The molecule has 0 saturated heterocycles. The summed E-state index contributed by atoms with van der Waals surface area (Å²) in [7, 11) is 0. The van der Waals surface area contributed by atoms with Crippen molar-refractivity contribution in [2.24, 2.45) is 0 Å². The standard InChI is InChI=1S/C11H12NOSSe/c1-8-6-14-7-12(8)9(2)11(13)10-4-3-5-15-10/h3-7,9H,1-2H3/q+1.